The van der Waals surface area contributed by atoms with Gasteiger partial charge in [-0.1, -0.05) is 12.8 Å². The van der Waals surface area contributed by atoms with E-state index < -0.39 is 11.2 Å². The zero-order valence-electron chi connectivity index (χ0n) is 82.9. The van der Waals surface area contributed by atoms with Gasteiger partial charge in [0.2, 0.25) is 22.6 Å². The molecule has 0 aliphatic carbocycles. The smallest absolute Gasteiger partial charge is 0.306 e. The van der Waals surface area contributed by atoms with Gasteiger partial charge in [-0.15, -0.1) is 40.8 Å². The van der Waals surface area contributed by atoms with E-state index in [2.05, 4.69) is 81.7 Å². The highest BCUT2D eigenvalue weighted by Gasteiger charge is 2.26. The summed E-state index contributed by atoms with van der Waals surface area (Å²) in [7, 11) is 6.56. The Bertz CT molecular complexity index is 5920. The monoisotopic (exact) mass is 1920 g/mol. The van der Waals surface area contributed by atoms with Gasteiger partial charge in [0.15, 0.2) is 69.3 Å². The largest absolute Gasteiger partial charge is 0.493 e. The van der Waals surface area contributed by atoms with Gasteiger partial charge in [-0.3, -0.25) is 46.8 Å². The Morgan fingerprint density at radius 1 is 0.326 bits per heavy atom. The highest BCUT2D eigenvalue weighted by Crippen LogP contribution is 2.39. The number of anilines is 4. The highest BCUT2D eigenvalue weighted by molar-refractivity contribution is 5.89. The molecule has 0 spiro atoms. The molecule has 42 heteroatoms. The zero-order chi connectivity index (χ0) is 97.5. The van der Waals surface area contributed by atoms with Gasteiger partial charge in [0.05, 0.1) is 125 Å². The van der Waals surface area contributed by atoms with Crippen LogP contribution in [0.1, 0.15) is 142 Å². The number of esters is 2. The summed E-state index contributed by atoms with van der Waals surface area (Å²) < 4.78 is 87.3. The second-order valence-corrected chi connectivity index (χ2v) is 36.1. The number of nitrogens with two attached hydrogens (primary N) is 2. The zero-order valence-corrected chi connectivity index (χ0v) is 82.9. The molecule has 16 rings (SSSR count). The number of aryl methyl sites for hydroxylation is 4. The first-order valence-electron chi connectivity index (χ1n) is 48.4. The fourth-order valence-electron chi connectivity index (χ4n) is 16.4. The molecule has 12 aromatic rings. The van der Waals surface area contributed by atoms with Crippen LogP contribution < -0.4 is 70.6 Å². The normalized spacial score (nSPS) is 14.8. The second kappa shape index (κ2) is 51.3. The van der Waals surface area contributed by atoms with Crippen molar-refractivity contribution in [3.63, 3.8) is 0 Å². The van der Waals surface area contributed by atoms with Crippen LogP contribution in [-0.4, -0.2) is 347 Å². The van der Waals surface area contributed by atoms with Crippen LogP contribution in [0.2, 0.25) is 0 Å². The molecule has 752 valence electrons. The van der Waals surface area contributed by atoms with Crippen molar-refractivity contribution in [3.8, 4) is 46.0 Å². The number of benzene rings is 4. The summed E-state index contributed by atoms with van der Waals surface area (Å²) in [5.74, 6) is 10.8. The topological polar surface area (TPSA) is 449 Å². The standard InChI is InChI=1S/2C27H40N6O5.2C21H31N7O3/c1-19-30-31-26-25(28-10-8-6-7-9-24(34)38-27(2,3)4)29-20-17-23(22(35-5)18-21(20)33(19)26)37-16-13-32-11-14-36-15-12-32;1-19-30-31-26-25(28-10-8-6-7-9-24(34)38-27(2,3)4)29-20-17-22(35-5)23(18-21(20)33(19)26)37-16-13-32-11-14-36-15-12-32;1-15-25-26-21-20(23-6-4-3-5-22)24-16-13-19(18(29-2)14-17(16)28(15)21)31-12-9-27-7-10-30-11-8-27;1-15-25-26-21-20(23-6-4-3-5-22)24-16-13-18(29-2)19(14-17(16)28(15)21)31-12-9-27-7-10-30-11-8-27/h2*17-18H,6-16H2,1-5H3,(H,28,29);2*13-14H,3-12,22H2,1-2H3,(H,23,24). The minimum Gasteiger partial charge on any atom is -0.493 e. The number of hydrogen-bond acceptors (Lipinski definition) is 38. The SMILES string of the molecule is COc1cc2c(cc1OCCN1CCOCC1)nc(NCCCCCC(=O)OC(C)(C)C)c1nnc(C)n12.COc1cc2c(cc1OCCN1CCOCC1)nc(NCCCCN)c1nnc(C)n12.COc1cc2nc(NCCCCCC(=O)OC(C)(C)C)c3nnc(C)n3c2cc1OCCN1CCOCC1.COc1cc2nc(NCCCCN)c3nnc(C)n3c2cc1OCCN1CCOCC1. The predicted molar refractivity (Wildman–Crippen MR) is 528 cm³/mol. The molecule has 4 aliphatic heterocycles. The van der Waals surface area contributed by atoms with Gasteiger partial charge in [-0.25, -0.2) is 19.9 Å². The van der Waals surface area contributed by atoms with Gasteiger partial charge in [-0.05, 0) is 134 Å². The van der Waals surface area contributed by atoms with Gasteiger partial charge in [0.1, 0.15) is 60.9 Å². The molecule has 4 aliphatic rings. The maximum Gasteiger partial charge on any atom is 0.306 e. The summed E-state index contributed by atoms with van der Waals surface area (Å²) in [6, 6.07) is 15.4. The summed E-state index contributed by atoms with van der Waals surface area (Å²) in [5.41, 5.74) is 19.6. The summed E-state index contributed by atoms with van der Waals surface area (Å²) >= 11 is 0. The number of fused-ring (bicyclic) bond motifs is 12. The molecular formula is C96H142N26O16. The van der Waals surface area contributed by atoms with E-state index in [4.69, 9.17) is 97.7 Å². The Morgan fingerprint density at radius 3 is 0.804 bits per heavy atom. The molecule has 42 nitrogen and oxygen atoms in total. The van der Waals surface area contributed by atoms with Gasteiger partial charge >= 0.3 is 11.9 Å². The lowest BCUT2D eigenvalue weighted by molar-refractivity contribution is -0.156. The average Bonchev–Trinajstić information content (AvgIpc) is 1.55. The van der Waals surface area contributed by atoms with Crippen LogP contribution in [0.4, 0.5) is 23.3 Å². The van der Waals surface area contributed by atoms with E-state index in [1.54, 1.807) is 28.4 Å². The molecule has 0 saturated carbocycles. The number of rotatable bonds is 44. The molecule has 0 atom stereocenters. The molecule has 138 heavy (non-hydrogen) atoms. The van der Waals surface area contributed by atoms with E-state index in [9.17, 15) is 9.59 Å². The van der Waals surface area contributed by atoms with Crippen molar-refractivity contribution in [2.75, 3.05) is 247 Å². The molecule has 4 aromatic carbocycles. The number of ether oxygens (including phenoxy) is 14. The van der Waals surface area contributed by atoms with E-state index in [1.165, 1.54) is 0 Å². The lowest BCUT2D eigenvalue weighted by Gasteiger charge is -2.26. The molecule has 0 amide bonds. The molecule has 0 radical (unpaired) electrons. The Hall–Kier alpha value is -11.7. The Labute approximate surface area is 805 Å². The van der Waals surface area contributed by atoms with Crippen molar-refractivity contribution < 1.29 is 75.9 Å². The molecule has 12 heterocycles. The van der Waals surface area contributed by atoms with Gasteiger partial charge in [0, 0.05) is 166 Å². The molecule has 4 saturated heterocycles. The van der Waals surface area contributed by atoms with Crippen LogP contribution in [0.15, 0.2) is 48.5 Å². The Balaban J connectivity index is 0.000000156. The maximum absolute atomic E-state index is 11.9. The van der Waals surface area contributed by atoms with E-state index in [0.717, 1.165) is 276 Å². The van der Waals surface area contributed by atoms with Crippen molar-refractivity contribution in [3.05, 3.63) is 71.8 Å². The fraction of sp³-hybridized carbons (Fsp3) is 0.604. The van der Waals surface area contributed by atoms with E-state index in [-0.39, 0.29) is 11.9 Å². The molecule has 4 fully saturated rings. The third-order valence-electron chi connectivity index (χ3n) is 23.5. The van der Waals surface area contributed by atoms with Crippen molar-refractivity contribution >= 4 is 102 Å². The average molecular weight is 1920 g/mol. The number of carbonyl (C=O) groups is 2. The van der Waals surface area contributed by atoms with Crippen molar-refractivity contribution in [2.24, 2.45) is 11.5 Å². The second-order valence-electron chi connectivity index (χ2n) is 36.1. The number of morpholine rings is 4. The predicted octanol–water partition coefficient (Wildman–Crippen LogP) is 10.2. The molecular weight excluding hydrogens is 1770 g/mol. The highest BCUT2D eigenvalue weighted by atomic mass is 16.6. The lowest BCUT2D eigenvalue weighted by Crippen LogP contribution is -2.38. The third kappa shape index (κ3) is 28.7. The first kappa shape index (κ1) is 104. The number of carbonyl (C=O) groups excluding carboxylic acids is 2. The summed E-state index contributed by atoms with van der Waals surface area (Å²) in [6.45, 7) is 42.4. The first-order chi connectivity index (χ1) is 66.9. The third-order valence-corrected chi connectivity index (χ3v) is 23.5. The van der Waals surface area contributed by atoms with Gasteiger partial charge in [0.25, 0.3) is 0 Å². The molecule has 0 unspecified atom stereocenters. The van der Waals surface area contributed by atoms with Crippen LogP contribution in [0.3, 0.4) is 0 Å². The summed E-state index contributed by atoms with van der Waals surface area (Å²) in [6.07, 6.45) is 9.86. The molecule has 8 N–H and O–H groups in total. The van der Waals surface area contributed by atoms with Crippen molar-refractivity contribution in [2.45, 2.75) is 157 Å². The number of aromatic nitrogens is 16. The Kier molecular flexibility index (Phi) is 38.5. The van der Waals surface area contributed by atoms with E-state index in [0.29, 0.717) is 157 Å². The maximum atomic E-state index is 11.9. The van der Waals surface area contributed by atoms with Crippen molar-refractivity contribution in [1.29, 1.82) is 0 Å². The number of unbranched alkanes of at least 4 members (excludes halogenated alkanes) is 6. The van der Waals surface area contributed by atoms with Crippen LogP contribution >= 0.6 is 0 Å². The van der Waals surface area contributed by atoms with Gasteiger partial charge in [-0.2, -0.15) is 0 Å². The number of methoxy groups -OCH3 is 4. The molecule has 8 aromatic heterocycles. The fourth-order valence-corrected chi connectivity index (χ4v) is 16.4. The van der Waals surface area contributed by atoms with Crippen LogP contribution in [0.25, 0.3) is 66.7 Å². The first-order valence-corrected chi connectivity index (χ1v) is 48.4. The van der Waals surface area contributed by atoms with Crippen LogP contribution in [-0.2, 0) is 38.0 Å². The summed E-state index contributed by atoms with van der Waals surface area (Å²) in [4.78, 5) is 52.5. The van der Waals surface area contributed by atoms with E-state index >= 15 is 0 Å². The minimum atomic E-state index is -0.445. The van der Waals surface area contributed by atoms with E-state index in [1.807, 2.05) is 135 Å². The number of nitrogens with one attached hydrogen (secondary N) is 4. The van der Waals surface area contributed by atoms with Crippen molar-refractivity contribution in [1.82, 2.24) is 97.9 Å². The molecule has 0 bridgehead atoms. The number of hydrogen-bond donors (Lipinski definition) is 6. The number of nitrogens with zero attached hydrogens (tertiary/aromatic N) is 20. The Morgan fingerprint density at radius 2 is 0.558 bits per heavy atom. The lowest BCUT2D eigenvalue weighted by atomic mass is 10.1. The summed E-state index contributed by atoms with van der Waals surface area (Å²) in [5, 5.41) is 48.1. The quantitative estimate of drug-likeness (QED) is 0.0153. The van der Waals surface area contributed by atoms with Crippen LogP contribution in [0.5, 0.6) is 46.0 Å². The van der Waals surface area contributed by atoms with Gasteiger partial charge < -0.3 is 99.1 Å². The van der Waals surface area contributed by atoms with Crippen LogP contribution in [0, 0.1) is 27.7 Å². The minimum absolute atomic E-state index is 0.152.